The Balaban J connectivity index is 2.32. The van der Waals surface area contributed by atoms with E-state index in [-0.39, 0.29) is 6.10 Å². The lowest BCUT2D eigenvalue weighted by atomic mass is 9.93. The minimum Gasteiger partial charge on any atom is -0.377 e. The molecule has 3 heteroatoms. The highest BCUT2D eigenvalue weighted by molar-refractivity contribution is 5.40. The minimum atomic E-state index is 0.289. The first-order chi connectivity index (χ1) is 9.52. The molecular weight excluding hydrogens is 248 g/mol. The Labute approximate surface area is 123 Å². The fourth-order valence-corrected chi connectivity index (χ4v) is 3.48. The van der Waals surface area contributed by atoms with Crippen LogP contribution in [0.2, 0.25) is 0 Å². The van der Waals surface area contributed by atoms with E-state index in [2.05, 4.69) is 44.7 Å². The molecule has 0 amide bonds. The summed E-state index contributed by atoms with van der Waals surface area (Å²) < 4.78 is 5.76. The molecule has 0 aromatic heterocycles. The van der Waals surface area contributed by atoms with Crippen molar-refractivity contribution >= 4 is 0 Å². The molecular formula is C17H28N2O. The summed E-state index contributed by atoms with van der Waals surface area (Å²) in [6.07, 6.45) is 1.38. The van der Waals surface area contributed by atoms with Crippen LogP contribution in [0, 0.1) is 20.8 Å². The van der Waals surface area contributed by atoms with Gasteiger partial charge in [-0.3, -0.25) is 4.90 Å². The second-order valence-electron chi connectivity index (χ2n) is 6.09. The fourth-order valence-electron chi connectivity index (χ4n) is 3.48. The van der Waals surface area contributed by atoms with Gasteiger partial charge in [-0.2, -0.15) is 0 Å². The first-order valence-electron chi connectivity index (χ1n) is 7.66. The lowest BCUT2D eigenvalue weighted by Gasteiger charge is -2.33. The van der Waals surface area contributed by atoms with Gasteiger partial charge in [0.15, 0.2) is 0 Å². The molecule has 0 aliphatic carbocycles. The van der Waals surface area contributed by atoms with Gasteiger partial charge in [-0.1, -0.05) is 17.7 Å². The van der Waals surface area contributed by atoms with Gasteiger partial charge < -0.3 is 10.5 Å². The van der Waals surface area contributed by atoms with Crippen LogP contribution < -0.4 is 5.73 Å². The molecule has 1 heterocycles. The molecule has 2 N–H and O–H groups in total. The Hall–Kier alpha value is -0.900. The highest BCUT2D eigenvalue weighted by atomic mass is 16.5. The predicted octanol–water partition coefficient (Wildman–Crippen LogP) is 2.72. The maximum absolute atomic E-state index is 6.13. The molecule has 0 saturated carbocycles. The van der Waals surface area contributed by atoms with Gasteiger partial charge >= 0.3 is 0 Å². The van der Waals surface area contributed by atoms with E-state index < -0.39 is 0 Å². The molecule has 1 aromatic carbocycles. The Morgan fingerprint density at radius 3 is 2.55 bits per heavy atom. The Bertz CT molecular complexity index is 435. The molecule has 20 heavy (non-hydrogen) atoms. The van der Waals surface area contributed by atoms with E-state index in [9.17, 15) is 0 Å². The van der Waals surface area contributed by atoms with Crippen LogP contribution in [-0.4, -0.2) is 37.2 Å². The van der Waals surface area contributed by atoms with E-state index >= 15 is 0 Å². The second-order valence-corrected chi connectivity index (χ2v) is 6.09. The Kier molecular flexibility index (Phi) is 5.19. The van der Waals surface area contributed by atoms with Gasteiger partial charge in [-0.15, -0.1) is 0 Å². The van der Waals surface area contributed by atoms with Crippen molar-refractivity contribution in [3.05, 3.63) is 34.4 Å². The average Bonchev–Trinajstić information content (AvgIpc) is 2.58. The molecule has 3 nitrogen and oxygen atoms in total. The third-order valence-corrected chi connectivity index (χ3v) is 4.22. The summed E-state index contributed by atoms with van der Waals surface area (Å²) in [7, 11) is 0. The first kappa shape index (κ1) is 15.5. The van der Waals surface area contributed by atoms with Crippen molar-refractivity contribution < 1.29 is 4.74 Å². The fraction of sp³-hybridized carbons (Fsp3) is 0.647. The van der Waals surface area contributed by atoms with Crippen LogP contribution in [0.3, 0.4) is 0 Å². The zero-order valence-corrected chi connectivity index (χ0v) is 13.3. The maximum atomic E-state index is 6.13. The van der Waals surface area contributed by atoms with Crippen LogP contribution in [0.5, 0.6) is 0 Å². The number of hydrogen-bond donors (Lipinski definition) is 1. The number of rotatable bonds is 3. The van der Waals surface area contributed by atoms with Crippen LogP contribution in [0.15, 0.2) is 12.1 Å². The SMILES string of the molecule is Cc1cc(C)c(C(CN)N2CCCOC(C)C2)c(C)c1. The van der Waals surface area contributed by atoms with Gasteiger partial charge in [0.05, 0.1) is 6.10 Å². The molecule has 1 saturated heterocycles. The molecule has 2 atom stereocenters. The molecule has 1 aliphatic rings. The largest absolute Gasteiger partial charge is 0.377 e. The number of ether oxygens (including phenoxy) is 1. The summed E-state index contributed by atoms with van der Waals surface area (Å²) in [6.45, 7) is 12.3. The lowest BCUT2D eigenvalue weighted by Crippen LogP contribution is -2.38. The zero-order valence-electron chi connectivity index (χ0n) is 13.3. The van der Waals surface area contributed by atoms with Crippen LogP contribution >= 0.6 is 0 Å². The van der Waals surface area contributed by atoms with Crippen LogP contribution in [0.25, 0.3) is 0 Å². The van der Waals surface area contributed by atoms with Crippen molar-refractivity contribution in [2.45, 2.75) is 46.3 Å². The van der Waals surface area contributed by atoms with E-state index in [0.29, 0.717) is 12.6 Å². The molecule has 1 fully saturated rings. The van der Waals surface area contributed by atoms with Crippen molar-refractivity contribution in [1.29, 1.82) is 0 Å². The Morgan fingerprint density at radius 2 is 1.95 bits per heavy atom. The van der Waals surface area contributed by atoms with Gasteiger partial charge in [-0.05, 0) is 50.8 Å². The molecule has 0 spiro atoms. The van der Waals surface area contributed by atoms with E-state index in [1.165, 1.54) is 22.3 Å². The number of benzene rings is 1. The second kappa shape index (κ2) is 6.70. The summed E-state index contributed by atoms with van der Waals surface area (Å²) in [6, 6.07) is 4.84. The van der Waals surface area contributed by atoms with E-state index in [1.807, 2.05) is 0 Å². The highest BCUT2D eigenvalue weighted by Gasteiger charge is 2.25. The summed E-state index contributed by atoms with van der Waals surface area (Å²) in [4.78, 5) is 2.50. The van der Waals surface area contributed by atoms with Gasteiger partial charge in [-0.25, -0.2) is 0 Å². The third kappa shape index (κ3) is 3.40. The van der Waals surface area contributed by atoms with Crippen molar-refractivity contribution in [1.82, 2.24) is 4.90 Å². The third-order valence-electron chi connectivity index (χ3n) is 4.22. The Morgan fingerprint density at radius 1 is 1.30 bits per heavy atom. The summed E-state index contributed by atoms with van der Waals surface area (Å²) >= 11 is 0. The molecule has 0 radical (unpaired) electrons. The molecule has 1 aromatic rings. The first-order valence-corrected chi connectivity index (χ1v) is 7.66. The quantitative estimate of drug-likeness (QED) is 0.922. The zero-order chi connectivity index (χ0) is 14.7. The number of aryl methyl sites for hydroxylation is 3. The van der Waals surface area contributed by atoms with Crippen LogP contribution in [0.1, 0.15) is 41.6 Å². The summed E-state index contributed by atoms with van der Waals surface area (Å²) in [5.41, 5.74) is 11.6. The van der Waals surface area contributed by atoms with Crippen molar-refractivity contribution in [3.63, 3.8) is 0 Å². The summed E-state index contributed by atoms with van der Waals surface area (Å²) in [5.74, 6) is 0. The molecule has 0 bridgehead atoms. The molecule has 2 rings (SSSR count). The predicted molar refractivity (Wildman–Crippen MR) is 84.1 cm³/mol. The molecule has 2 unspecified atom stereocenters. The van der Waals surface area contributed by atoms with Gasteiger partial charge in [0.25, 0.3) is 0 Å². The van der Waals surface area contributed by atoms with E-state index in [0.717, 1.165) is 26.1 Å². The van der Waals surface area contributed by atoms with Crippen molar-refractivity contribution in [3.8, 4) is 0 Å². The molecule has 112 valence electrons. The van der Waals surface area contributed by atoms with Crippen LogP contribution in [0.4, 0.5) is 0 Å². The average molecular weight is 276 g/mol. The van der Waals surface area contributed by atoms with Gasteiger partial charge in [0.2, 0.25) is 0 Å². The van der Waals surface area contributed by atoms with Crippen LogP contribution in [-0.2, 0) is 4.74 Å². The van der Waals surface area contributed by atoms with E-state index in [4.69, 9.17) is 10.5 Å². The maximum Gasteiger partial charge on any atom is 0.0674 e. The number of nitrogens with two attached hydrogens (primary N) is 1. The highest BCUT2D eigenvalue weighted by Crippen LogP contribution is 2.28. The van der Waals surface area contributed by atoms with E-state index in [1.54, 1.807) is 0 Å². The number of nitrogens with zero attached hydrogens (tertiary/aromatic N) is 1. The molecule has 1 aliphatic heterocycles. The van der Waals surface area contributed by atoms with Crippen molar-refractivity contribution in [2.24, 2.45) is 5.73 Å². The monoisotopic (exact) mass is 276 g/mol. The summed E-state index contributed by atoms with van der Waals surface area (Å²) in [5, 5.41) is 0. The van der Waals surface area contributed by atoms with Gasteiger partial charge in [0, 0.05) is 32.3 Å². The lowest BCUT2D eigenvalue weighted by molar-refractivity contribution is 0.0610. The smallest absolute Gasteiger partial charge is 0.0674 e. The minimum absolute atomic E-state index is 0.289. The normalized spacial score (nSPS) is 22.6. The number of hydrogen-bond acceptors (Lipinski definition) is 3. The van der Waals surface area contributed by atoms with Crippen molar-refractivity contribution in [2.75, 3.05) is 26.2 Å². The standard InChI is InChI=1S/C17H28N2O/c1-12-8-13(2)17(14(3)9-12)16(10-18)19-6-5-7-20-15(4)11-19/h8-9,15-16H,5-7,10-11,18H2,1-4H3. The van der Waals surface area contributed by atoms with Gasteiger partial charge in [0.1, 0.15) is 0 Å². The topological polar surface area (TPSA) is 38.5 Å².